The second-order valence-electron chi connectivity index (χ2n) is 6.52. The van der Waals surface area contributed by atoms with Crippen LogP contribution in [-0.2, 0) is 11.3 Å². The lowest BCUT2D eigenvalue weighted by Crippen LogP contribution is -2.14. The van der Waals surface area contributed by atoms with Gasteiger partial charge in [-0.15, -0.1) is 0 Å². The number of aromatic nitrogens is 2. The molecule has 2 aromatic carbocycles. The van der Waals surface area contributed by atoms with Gasteiger partial charge in [-0.2, -0.15) is 0 Å². The van der Waals surface area contributed by atoms with E-state index < -0.39 is 5.97 Å². The summed E-state index contributed by atoms with van der Waals surface area (Å²) in [7, 11) is 1.67. The molecule has 0 spiro atoms. The van der Waals surface area contributed by atoms with E-state index in [0.717, 1.165) is 22.4 Å². The number of esters is 1. The molecule has 3 aromatic rings. The van der Waals surface area contributed by atoms with Crippen LogP contribution in [0, 0.1) is 13.8 Å². The standard InChI is InChI=1S/C23H25N3O3/c1-5-29-22(27)21-15(2)25-23(26-16(21)3)24-14-17-10-6-7-11-18(17)19-12-8-9-13-20(19)28-4/h6-13H,5,14H2,1-4H3,(H,24,25,26). The van der Waals surface area contributed by atoms with Crippen LogP contribution in [0.5, 0.6) is 5.75 Å². The summed E-state index contributed by atoms with van der Waals surface area (Å²) in [5.74, 6) is 0.903. The third kappa shape index (κ3) is 4.54. The van der Waals surface area contributed by atoms with Crippen molar-refractivity contribution in [1.29, 1.82) is 0 Å². The highest BCUT2D eigenvalue weighted by Gasteiger charge is 2.17. The largest absolute Gasteiger partial charge is 0.496 e. The van der Waals surface area contributed by atoms with Crippen LogP contribution in [0.2, 0.25) is 0 Å². The number of hydrogen-bond donors (Lipinski definition) is 1. The van der Waals surface area contributed by atoms with Crippen LogP contribution in [0.4, 0.5) is 5.95 Å². The summed E-state index contributed by atoms with van der Waals surface area (Å²) in [4.78, 5) is 21.0. The molecule has 150 valence electrons. The van der Waals surface area contributed by atoms with Crippen molar-refractivity contribution in [3.63, 3.8) is 0 Å². The number of rotatable bonds is 7. The first-order valence-corrected chi connectivity index (χ1v) is 9.52. The van der Waals surface area contributed by atoms with Crippen molar-refractivity contribution in [3.05, 3.63) is 71.0 Å². The lowest BCUT2D eigenvalue weighted by molar-refractivity contribution is 0.0523. The fraction of sp³-hybridized carbons (Fsp3) is 0.261. The third-order valence-electron chi connectivity index (χ3n) is 4.60. The fourth-order valence-corrected chi connectivity index (χ4v) is 3.27. The van der Waals surface area contributed by atoms with E-state index in [-0.39, 0.29) is 0 Å². The van der Waals surface area contributed by atoms with Crippen LogP contribution in [0.15, 0.2) is 48.5 Å². The molecular formula is C23H25N3O3. The van der Waals surface area contributed by atoms with Crippen molar-refractivity contribution in [3.8, 4) is 16.9 Å². The molecule has 0 radical (unpaired) electrons. The maximum Gasteiger partial charge on any atom is 0.341 e. The highest BCUT2D eigenvalue weighted by Crippen LogP contribution is 2.32. The SMILES string of the molecule is CCOC(=O)c1c(C)nc(NCc2ccccc2-c2ccccc2OC)nc1C. The molecule has 0 saturated carbocycles. The molecule has 3 rings (SSSR count). The van der Waals surface area contributed by atoms with Crippen molar-refractivity contribution in [2.75, 3.05) is 19.0 Å². The number of nitrogens with zero attached hydrogens (tertiary/aromatic N) is 2. The Morgan fingerprint density at radius 1 is 0.966 bits per heavy atom. The minimum absolute atomic E-state index is 0.317. The van der Waals surface area contributed by atoms with Gasteiger partial charge in [0.05, 0.1) is 25.1 Å². The summed E-state index contributed by atoms with van der Waals surface area (Å²) in [6.45, 7) is 6.20. The van der Waals surface area contributed by atoms with E-state index in [4.69, 9.17) is 9.47 Å². The fourth-order valence-electron chi connectivity index (χ4n) is 3.27. The highest BCUT2D eigenvalue weighted by atomic mass is 16.5. The minimum Gasteiger partial charge on any atom is -0.496 e. The molecular weight excluding hydrogens is 366 g/mol. The molecule has 0 saturated heterocycles. The Hall–Kier alpha value is -3.41. The quantitative estimate of drug-likeness (QED) is 0.595. The van der Waals surface area contributed by atoms with Crippen molar-refractivity contribution in [2.45, 2.75) is 27.3 Å². The molecule has 0 aliphatic rings. The minimum atomic E-state index is -0.393. The maximum absolute atomic E-state index is 12.1. The molecule has 29 heavy (non-hydrogen) atoms. The molecule has 0 aliphatic carbocycles. The lowest BCUT2D eigenvalue weighted by Gasteiger charge is -2.15. The van der Waals surface area contributed by atoms with E-state index in [1.165, 1.54) is 0 Å². The monoisotopic (exact) mass is 391 g/mol. The summed E-state index contributed by atoms with van der Waals surface area (Å²) >= 11 is 0. The molecule has 6 nitrogen and oxygen atoms in total. The van der Waals surface area contributed by atoms with Gasteiger partial charge in [0.15, 0.2) is 0 Å². The Bertz CT molecular complexity index is 995. The van der Waals surface area contributed by atoms with E-state index in [2.05, 4.69) is 27.4 Å². The number of nitrogens with one attached hydrogen (secondary N) is 1. The smallest absolute Gasteiger partial charge is 0.341 e. The van der Waals surface area contributed by atoms with Gasteiger partial charge in [0, 0.05) is 12.1 Å². The zero-order valence-electron chi connectivity index (χ0n) is 17.2. The van der Waals surface area contributed by atoms with Crippen LogP contribution in [0.25, 0.3) is 11.1 Å². The van der Waals surface area contributed by atoms with Crippen molar-refractivity contribution >= 4 is 11.9 Å². The Morgan fingerprint density at radius 3 is 2.24 bits per heavy atom. The van der Waals surface area contributed by atoms with Gasteiger partial charge in [-0.25, -0.2) is 14.8 Å². The van der Waals surface area contributed by atoms with Gasteiger partial charge in [-0.1, -0.05) is 42.5 Å². The summed E-state index contributed by atoms with van der Waals surface area (Å²) in [6.07, 6.45) is 0. The van der Waals surface area contributed by atoms with Gasteiger partial charge < -0.3 is 14.8 Å². The van der Waals surface area contributed by atoms with Crippen LogP contribution in [-0.4, -0.2) is 29.7 Å². The Labute approximate surface area is 170 Å². The Balaban J connectivity index is 1.85. The number of anilines is 1. The number of benzene rings is 2. The molecule has 1 heterocycles. The van der Waals surface area contributed by atoms with E-state index in [0.29, 0.717) is 36.1 Å². The van der Waals surface area contributed by atoms with Gasteiger partial charge >= 0.3 is 5.97 Å². The first kappa shape index (κ1) is 20.3. The number of ether oxygens (including phenoxy) is 2. The first-order valence-electron chi connectivity index (χ1n) is 9.52. The van der Waals surface area contributed by atoms with Crippen LogP contribution < -0.4 is 10.1 Å². The summed E-state index contributed by atoms with van der Waals surface area (Å²) in [5.41, 5.74) is 4.80. The molecule has 1 aromatic heterocycles. The van der Waals surface area contributed by atoms with E-state index in [1.807, 2.05) is 36.4 Å². The number of hydrogen-bond acceptors (Lipinski definition) is 6. The number of carbonyl (C=O) groups is 1. The van der Waals surface area contributed by atoms with E-state index in [9.17, 15) is 4.79 Å². The van der Waals surface area contributed by atoms with Crippen LogP contribution >= 0.6 is 0 Å². The van der Waals surface area contributed by atoms with E-state index in [1.54, 1.807) is 27.9 Å². The molecule has 6 heteroatoms. The highest BCUT2D eigenvalue weighted by molar-refractivity contribution is 5.91. The lowest BCUT2D eigenvalue weighted by atomic mass is 9.99. The van der Waals surface area contributed by atoms with Gasteiger partial charge in [0.25, 0.3) is 0 Å². The molecule has 1 N–H and O–H groups in total. The van der Waals surface area contributed by atoms with Gasteiger partial charge in [0.2, 0.25) is 5.95 Å². The zero-order valence-corrected chi connectivity index (χ0v) is 17.2. The average Bonchev–Trinajstić information content (AvgIpc) is 2.72. The van der Waals surface area contributed by atoms with E-state index >= 15 is 0 Å². The van der Waals surface area contributed by atoms with Gasteiger partial charge in [0.1, 0.15) is 11.3 Å². The third-order valence-corrected chi connectivity index (χ3v) is 4.60. The second-order valence-corrected chi connectivity index (χ2v) is 6.52. The molecule has 0 fully saturated rings. The van der Waals surface area contributed by atoms with Crippen LogP contribution in [0.1, 0.15) is 34.2 Å². The predicted octanol–water partition coefficient (Wildman–Crippen LogP) is 4.56. The van der Waals surface area contributed by atoms with Gasteiger partial charge in [-0.3, -0.25) is 0 Å². The van der Waals surface area contributed by atoms with Crippen LogP contribution in [0.3, 0.4) is 0 Å². The first-order chi connectivity index (χ1) is 14.0. The molecule has 0 aliphatic heterocycles. The number of aryl methyl sites for hydroxylation is 2. The van der Waals surface area contributed by atoms with Crippen molar-refractivity contribution < 1.29 is 14.3 Å². The number of methoxy groups -OCH3 is 1. The summed E-state index contributed by atoms with van der Waals surface area (Å²) in [5, 5.41) is 3.27. The van der Waals surface area contributed by atoms with Crippen molar-refractivity contribution in [1.82, 2.24) is 9.97 Å². The van der Waals surface area contributed by atoms with Crippen molar-refractivity contribution in [2.24, 2.45) is 0 Å². The van der Waals surface area contributed by atoms with Gasteiger partial charge in [-0.05, 0) is 38.0 Å². The zero-order chi connectivity index (χ0) is 20.8. The Morgan fingerprint density at radius 2 is 1.59 bits per heavy atom. The average molecular weight is 391 g/mol. The topological polar surface area (TPSA) is 73.3 Å². The molecule has 0 unspecified atom stereocenters. The molecule has 0 bridgehead atoms. The predicted molar refractivity (Wildman–Crippen MR) is 113 cm³/mol. The maximum atomic E-state index is 12.1. The number of para-hydroxylation sites is 1. The second kappa shape index (κ2) is 9.19. The molecule has 0 atom stereocenters. The normalized spacial score (nSPS) is 10.5. The summed E-state index contributed by atoms with van der Waals surface area (Å²) < 4.78 is 10.6. The summed E-state index contributed by atoms with van der Waals surface area (Å²) in [6, 6.07) is 16.1. The molecule has 0 amide bonds. The number of carbonyl (C=O) groups excluding carboxylic acids is 1. The Kier molecular flexibility index (Phi) is 6.44.